The van der Waals surface area contributed by atoms with Gasteiger partial charge >= 0.3 is 5.97 Å². The van der Waals surface area contributed by atoms with Gasteiger partial charge in [0.25, 0.3) is 0 Å². The minimum absolute atomic E-state index is 0.182. The molecule has 2 heterocycles. The van der Waals surface area contributed by atoms with E-state index in [1.807, 2.05) is 25.1 Å². The van der Waals surface area contributed by atoms with Crippen molar-refractivity contribution >= 4 is 39.5 Å². The second-order valence-corrected chi connectivity index (χ2v) is 6.29. The lowest BCUT2D eigenvalue weighted by Gasteiger charge is -2.08. The van der Waals surface area contributed by atoms with E-state index in [2.05, 4.69) is 16.5 Å². The van der Waals surface area contributed by atoms with Gasteiger partial charge in [0.2, 0.25) is 5.95 Å². The minimum Gasteiger partial charge on any atom is -0.462 e. The van der Waals surface area contributed by atoms with Gasteiger partial charge in [-0.1, -0.05) is 30.9 Å². The number of rotatable bonds is 4. The smallest absolute Gasteiger partial charge is 0.348 e. The molecule has 3 aromatic rings. The average Bonchev–Trinajstić information content (AvgIpc) is 2.98. The molecule has 0 fully saturated rings. The van der Waals surface area contributed by atoms with Crippen LogP contribution in [-0.4, -0.2) is 22.5 Å². The van der Waals surface area contributed by atoms with Gasteiger partial charge in [0, 0.05) is 10.9 Å². The van der Waals surface area contributed by atoms with Crippen LogP contribution in [0.15, 0.2) is 30.8 Å². The fourth-order valence-corrected chi connectivity index (χ4v) is 3.46. The first kappa shape index (κ1) is 16.1. The van der Waals surface area contributed by atoms with Gasteiger partial charge in [-0.3, -0.25) is 0 Å². The number of esters is 1. The van der Waals surface area contributed by atoms with Crippen molar-refractivity contribution in [3.63, 3.8) is 0 Å². The molecule has 0 unspecified atom stereocenters. The molecule has 0 aliphatic rings. The van der Waals surface area contributed by atoms with E-state index >= 15 is 0 Å². The number of carbonyl (C=O) groups is 1. The molecule has 0 amide bonds. The van der Waals surface area contributed by atoms with E-state index in [0.717, 1.165) is 27.8 Å². The number of hydrogen-bond acceptors (Lipinski definition) is 6. The second-order valence-electron chi connectivity index (χ2n) is 5.26. The number of hydrogen-bond donors (Lipinski definition) is 1. The number of anilines is 1. The number of thiophene rings is 1. The minimum atomic E-state index is -0.358. The third-order valence-corrected chi connectivity index (χ3v) is 4.64. The van der Waals surface area contributed by atoms with E-state index in [-0.39, 0.29) is 11.9 Å². The molecule has 122 valence electrons. The Balaban J connectivity index is 2.20. The molecule has 0 aliphatic heterocycles. The molecule has 3 rings (SSSR count). The summed E-state index contributed by atoms with van der Waals surface area (Å²) >= 11 is 1.26. The van der Waals surface area contributed by atoms with Crippen molar-refractivity contribution in [3.05, 3.63) is 46.8 Å². The summed E-state index contributed by atoms with van der Waals surface area (Å²) in [5, 5.41) is 0.798. The van der Waals surface area contributed by atoms with E-state index in [1.165, 1.54) is 11.3 Å². The SMILES string of the molecule is C=Cc1ccc(-c2nc(N)nc3sc(C(=O)OCC)cc23)c(C)c1. The van der Waals surface area contributed by atoms with Crippen LogP contribution in [0, 0.1) is 6.92 Å². The first-order valence-corrected chi connectivity index (χ1v) is 8.32. The Morgan fingerprint density at radius 1 is 1.38 bits per heavy atom. The molecule has 0 saturated heterocycles. The fraction of sp³-hybridized carbons (Fsp3) is 0.167. The molecule has 2 N–H and O–H groups in total. The number of nitrogen functional groups attached to an aromatic ring is 1. The molecule has 2 aromatic heterocycles. The summed E-state index contributed by atoms with van der Waals surface area (Å²) in [6, 6.07) is 7.76. The highest BCUT2D eigenvalue weighted by molar-refractivity contribution is 7.20. The van der Waals surface area contributed by atoms with Crippen LogP contribution in [0.4, 0.5) is 5.95 Å². The average molecular weight is 339 g/mol. The van der Waals surface area contributed by atoms with E-state index < -0.39 is 0 Å². The van der Waals surface area contributed by atoms with E-state index in [4.69, 9.17) is 10.5 Å². The van der Waals surface area contributed by atoms with Gasteiger partial charge in [0.15, 0.2) is 0 Å². The Bertz CT molecular complexity index is 947. The highest BCUT2D eigenvalue weighted by Crippen LogP contribution is 2.34. The zero-order valence-corrected chi connectivity index (χ0v) is 14.3. The lowest BCUT2D eigenvalue weighted by atomic mass is 10.0. The van der Waals surface area contributed by atoms with Crippen molar-refractivity contribution < 1.29 is 9.53 Å². The van der Waals surface area contributed by atoms with Crippen molar-refractivity contribution in [3.8, 4) is 11.3 Å². The van der Waals surface area contributed by atoms with Gasteiger partial charge in [-0.2, -0.15) is 0 Å². The van der Waals surface area contributed by atoms with Gasteiger partial charge in [0.1, 0.15) is 9.71 Å². The molecule has 24 heavy (non-hydrogen) atoms. The number of carbonyl (C=O) groups excluding carboxylic acids is 1. The van der Waals surface area contributed by atoms with Crippen molar-refractivity contribution in [2.45, 2.75) is 13.8 Å². The lowest BCUT2D eigenvalue weighted by molar-refractivity contribution is 0.0532. The Labute approximate surface area is 143 Å². The van der Waals surface area contributed by atoms with Crippen molar-refractivity contribution in [1.82, 2.24) is 9.97 Å². The van der Waals surface area contributed by atoms with Crippen molar-refractivity contribution in [2.75, 3.05) is 12.3 Å². The maximum absolute atomic E-state index is 12.0. The molecule has 0 saturated carbocycles. The van der Waals surface area contributed by atoms with Crippen molar-refractivity contribution in [1.29, 1.82) is 0 Å². The summed E-state index contributed by atoms with van der Waals surface area (Å²) in [5.41, 5.74) is 9.62. The number of aromatic nitrogens is 2. The zero-order valence-electron chi connectivity index (χ0n) is 13.5. The van der Waals surface area contributed by atoms with Crippen LogP contribution in [0.3, 0.4) is 0 Å². The molecular formula is C18H17N3O2S. The van der Waals surface area contributed by atoms with Crippen molar-refractivity contribution in [2.24, 2.45) is 0 Å². The number of aryl methyl sites for hydroxylation is 1. The quantitative estimate of drug-likeness (QED) is 0.725. The molecule has 0 atom stereocenters. The summed E-state index contributed by atoms with van der Waals surface area (Å²) in [7, 11) is 0. The molecule has 0 bridgehead atoms. The standard InChI is InChI=1S/C18H17N3O2S/c1-4-11-6-7-12(10(3)8-11)15-13-9-14(17(22)23-5-2)24-16(13)21-18(19)20-15/h4,6-9H,1,5H2,2-3H3,(H2,19,20,21). The predicted molar refractivity (Wildman–Crippen MR) is 98.0 cm³/mol. The first-order valence-electron chi connectivity index (χ1n) is 7.51. The molecule has 1 aromatic carbocycles. The number of nitrogens with two attached hydrogens (primary N) is 1. The number of benzene rings is 1. The van der Waals surface area contributed by atoms with Crippen LogP contribution in [-0.2, 0) is 4.74 Å². The molecule has 5 nitrogen and oxygen atoms in total. The predicted octanol–water partition coefficient (Wildman–Crippen LogP) is 4.07. The van der Waals surface area contributed by atoms with Gasteiger partial charge < -0.3 is 10.5 Å². The summed E-state index contributed by atoms with van der Waals surface area (Å²) < 4.78 is 5.07. The van der Waals surface area contributed by atoms with Crippen LogP contribution in [0.2, 0.25) is 0 Å². The maximum Gasteiger partial charge on any atom is 0.348 e. The number of nitrogens with zero attached hydrogens (tertiary/aromatic N) is 2. The molecule has 0 aliphatic carbocycles. The third-order valence-electron chi connectivity index (χ3n) is 3.63. The van der Waals surface area contributed by atoms with Gasteiger partial charge in [0.05, 0.1) is 12.3 Å². The third kappa shape index (κ3) is 2.88. The summed E-state index contributed by atoms with van der Waals surface area (Å²) in [5.74, 6) is -0.175. The van der Waals surface area contributed by atoms with Gasteiger partial charge in [-0.05, 0) is 31.0 Å². The second kappa shape index (κ2) is 6.41. The van der Waals surface area contributed by atoms with Gasteiger partial charge in [-0.15, -0.1) is 11.3 Å². The van der Waals surface area contributed by atoms with Crippen LogP contribution in [0.25, 0.3) is 27.6 Å². The highest BCUT2D eigenvalue weighted by atomic mass is 32.1. The summed E-state index contributed by atoms with van der Waals surface area (Å²) in [6.07, 6.45) is 1.80. The van der Waals surface area contributed by atoms with E-state index in [1.54, 1.807) is 19.1 Å². The Hall–Kier alpha value is -2.73. The maximum atomic E-state index is 12.0. The summed E-state index contributed by atoms with van der Waals surface area (Å²) in [4.78, 5) is 21.8. The van der Waals surface area contributed by atoms with Crippen LogP contribution >= 0.6 is 11.3 Å². The van der Waals surface area contributed by atoms with E-state index in [9.17, 15) is 4.79 Å². The molecule has 0 spiro atoms. The lowest BCUT2D eigenvalue weighted by Crippen LogP contribution is -2.01. The van der Waals surface area contributed by atoms with Gasteiger partial charge in [-0.25, -0.2) is 14.8 Å². The van der Waals surface area contributed by atoms with Crippen LogP contribution in [0.1, 0.15) is 27.7 Å². The summed E-state index contributed by atoms with van der Waals surface area (Å²) in [6.45, 7) is 7.89. The topological polar surface area (TPSA) is 78.1 Å². The number of fused-ring (bicyclic) bond motifs is 1. The first-order chi connectivity index (χ1) is 11.5. The van der Waals surface area contributed by atoms with Crippen LogP contribution < -0.4 is 5.73 Å². The molecular weight excluding hydrogens is 322 g/mol. The normalized spacial score (nSPS) is 10.8. The Morgan fingerprint density at radius 2 is 2.17 bits per heavy atom. The van der Waals surface area contributed by atoms with Crippen LogP contribution in [0.5, 0.6) is 0 Å². The number of ether oxygens (including phenoxy) is 1. The largest absolute Gasteiger partial charge is 0.462 e. The zero-order chi connectivity index (χ0) is 17.3. The monoisotopic (exact) mass is 339 g/mol. The fourth-order valence-electron chi connectivity index (χ4n) is 2.53. The Morgan fingerprint density at radius 3 is 2.83 bits per heavy atom. The molecule has 6 heteroatoms. The highest BCUT2D eigenvalue weighted by Gasteiger charge is 2.17. The molecule has 0 radical (unpaired) electrons. The van der Waals surface area contributed by atoms with E-state index in [0.29, 0.717) is 16.3 Å². The Kier molecular flexibility index (Phi) is 4.31.